The molecule has 2 N–H and O–H groups in total. The Morgan fingerprint density at radius 1 is 1.64 bits per heavy atom. The van der Waals surface area contributed by atoms with Crippen molar-refractivity contribution in [1.82, 2.24) is 9.97 Å². The topological polar surface area (TPSA) is 78.1 Å². The second kappa shape index (κ2) is 3.22. The highest BCUT2D eigenvalue weighted by Crippen LogP contribution is 2.25. The van der Waals surface area contributed by atoms with E-state index >= 15 is 0 Å². The molecule has 72 valence electrons. The number of pyridine rings is 1. The summed E-state index contributed by atoms with van der Waals surface area (Å²) < 4.78 is 5.41. The Morgan fingerprint density at radius 2 is 2.43 bits per heavy atom. The normalized spacial score (nSPS) is 10.4. The van der Waals surface area contributed by atoms with Gasteiger partial charge in [-0.2, -0.15) is 0 Å². The quantitative estimate of drug-likeness (QED) is 0.710. The van der Waals surface area contributed by atoms with Crippen molar-refractivity contribution in [2.75, 3.05) is 12.8 Å². The van der Waals surface area contributed by atoms with Crippen LogP contribution in [0.3, 0.4) is 0 Å². The van der Waals surface area contributed by atoms with Gasteiger partial charge >= 0.3 is 5.97 Å². The number of carbonyl (C=O) groups excluding carboxylic acids is 1. The van der Waals surface area contributed by atoms with Crippen LogP contribution in [0, 0.1) is 0 Å². The summed E-state index contributed by atoms with van der Waals surface area (Å²) in [5.74, 6) is -0.499. The third kappa shape index (κ3) is 1.29. The maximum atomic E-state index is 11.3. The molecule has 0 saturated heterocycles. The number of hydrogen-bond donors (Lipinski definition) is 1. The number of ether oxygens (including phenoxy) is 1. The van der Waals surface area contributed by atoms with Gasteiger partial charge in [0.25, 0.3) is 0 Å². The predicted molar refractivity (Wildman–Crippen MR) is 53.2 cm³/mol. The van der Waals surface area contributed by atoms with E-state index in [4.69, 9.17) is 5.73 Å². The van der Waals surface area contributed by atoms with Crippen LogP contribution in [0.4, 0.5) is 5.13 Å². The summed E-state index contributed by atoms with van der Waals surface area (Å²) in [7, 11) is 1.30. The number of thiazole rings is 1. The van der Waals surface area contributed by atoms with Crippen molar-refractivity contribution in [2.24, 2.45) is 0 Å². The Bertz CT molecular complexity index is 494. The second-order valence-corrected chi connectivity index (χ2v) is 3.61. The van der Waals surface area contributed by atoms with Crippen LogP contribution in [-0.2, 0) is 4.74 Å². The zero-order chi connectivity index (χ0) is 10.1. The van der Waals surface area contributed by atoms with Crippen molar-refractivity contribution in [1.29, 1.82) is 0 Å². The fourth-order valence-electron chi connectivity index (χ4n) is 1.12. The van der Waals surface area contributed by atoms with Crippen LogP contribution in [0.2, 0.25) is 0 Å². The molecule has 0 spiro atoms. The van der Waals surface area contributed by atoms with Crippen molar-refractivity contribution in [2.45, 2.75) is 0 Å². The van der Waals surface area contributed by atoms with Crippen molar-refractivity contribution in [3.8, 4) is 0 Å². The molecule has 0 amide bonds. The third-order valence-electron chi connectivity index (χ3n) is 1.70. The summed E-state index contributed by atoms with van der Waals surface area (Å²) in [6.07, 6.45) is 1.53. The molecule has 2 heterocycles. The summed E-state index contributed by atoms with van der Waals surface area (Å²) in [6.45, 7) is 0. The van der Waals surface area contributed by atoms with Gasteiger partial charge in [-0.1, -0.05) is 11.3 Å². The maximum absolute atomic E-state index is 11.3. The number of esters is 1. The molecule has 2 aromatic heterocycles. The Hall–Kier alpha value is -1.69. The number of methoxy groups -OCH3 is 1. The highest BCUT2D eigenvalue weighted by atomic mass is 32.1. The predicted octanol–water partition coefficient (Wildman–Crippen LogP) is 1.06. The molecule has 0 atom stereocenters. The van der Waals surface area contributed by atoms with Gasteiger partial charge in [0.05, 0.1) is 11.8 Å². The molecule has 0 saturated carbocycles. The fraction of sp³-hybridized carbons (Fsp3) is 0.125. The molecule has 0 radical (unpaired) electrons. The lowest BCUT2D eigenvalue weighted by molar-refractivity contribution is 0.0596. The van der Waals surface area contributed by atoms with Gasteiger partial charge < -0.3 is 10.5 Å². The first-order valence-corrected chi connectivity index (χ1v) is 4.63. The van der Waals surface area contributed by atoms with E-state index in [0.29, 0.717) is 10.6 Å². The Morgan fingerprint density at radius 3 is 3.14 bits per heavy atom. The van der Waals surface area contributed by atoms with Crippen molar-refractivity contribution in [3.05, 3.63) is 18.0 Å². The number of fused-ring (bicyclic) bond motifs is 1. The zero-order valence-corrected chi connectivity index (χ0v) is 8.17. The van der Waals surface area contributed by atoms with Crippen LogP contribution >= 0.6 is 11.3 Å². The van der Waals surface area contributed by atoms with Gasteiger partial charge in [0, 0.05) is 6.20 Å². The molecule has 0 aliphatic rings. The molecule has 6 heteroatoms. The van der Waals surface area contributed by atoms with E-state index in [-0.39, 0.29) is 5.69 Å². The van der Waals surface area contributed by atoms with Crippen LogP contribution in [-0.4, -0.2) is 23.0 Å². The molecule has 0 aliphatic heterocycles. The lowest BCUT2D eigenvalue weighted by Crippen LogP contribution is -2.04. The van der Waals surface area contributed by atoms with Gasteiger partial charge in [-0.25, -0.2) is 14.8 Å². The number of nitrogens with two attached hydrogens (primary N) is 1. The molecule has 0 aliphatic carbocycles. The summed E-state index contributed by atoms with van der Waals surface area (Å²) >= 11 is 1.31. The van der Waals surface area contributed by atoms with E-state index in [1.54, 1.807) is 6.07 Å². The van der Waals surface area contributed by atoms with Crippen LogP contribution in [0.15, 0.2) is 12.3 Å². The smallest absolute Gasteiger partial charge is 0.358 e. The molecule has 0 aromatic carbocycles. The lowest BCUT2D eigenvalue weighted by Gasteiger charge is -1.97. The minimum absolute atomic E-state index is 0.206. The molecular formula is C8H7N3O2S. The highest BCUT2D eigenvalue weighted by Gasteiger charge is 2.14. The van der Waals surface area contributed by atoms with Gasteiger partial charge in [-0.3, -0.25) is 0 Å². The van der Waals surface area contributed by atoms with E-state index in [1.807, 2.05) is 0 Å². The van der Waals surface area contributed by atoms with E-state index in [1.165, 1.54) is 24.6 Å². The molecule has 0 unspecified atom stereocenters. The van der Waals surface area contributed by atoms with Crippen LogP contribution in [0.5, 0.6) is 0 Å². The number of anilines is 1. The van der Waals surface area contributed by atoms with Gasteiger partial charge in [0.2, 0.25) is 0 Å². The molecule has 5 nitrogen and oxygen atoms in total. The van der Waals surface area contributed by atoms with Crippen molar-refractivity contribution < 1.29 is 9.53 Å². The molecule has 2 rings (SSSR count). The molecule has 0 bridgehead atoms. The SMILES string of the molecule is COC(=O)c1nccc2sc(N)nc12. The monoisotopic (exact) mass is 209 g/mol. The van der Waals surface area contributed by atoms with Crippen molar-refractivity contribution in [3.63, 3.8) is 0 Å². The molecule has 14 heavy (non-hydrogen) atoms. The summed E-state index contributed by atoms with van der Waals surface area (Å²) in [6, 6.07) is 1.76. The van der Waals surface area contributed by atoms with E-state index in [9.17, 15) is 4.79 Å². The number of aromatic nitrogens is 2. The Balaban J connectivity index is 2.70. The van der Waals surface area contributed by atoms with Crippen molar-refractivity contribution >= 4 is 32.7 Å². The first-order valence-electron chi connectivity index (χ1n) is 3.81. The van der Waals surface area contributed by atoms with E-state index < -0.39 is 5.97 Å². The Kier molecular flexibility index (Phi) is 2.05. The summed E-state index contributed by atoms with van der Waals surface area (Å²) in [4.78, 5) is 19.2. The first-order chi connectivity index (χ1) is 6.72. The lowest BCUT2D eigenvalue weighted by atomic mass is 10.3. The number of rotatable bonds is 1. The van der Waals surface area contributed by atoms with E-state index in [2.05, 4.69) is 14.7 Å². The van der Waals surface area contributed by atoms with Gasteiger partial charge in [0.1, 0.15) is 5.52 Å². The highest BCUT2D eigenvalue weighted by molar-refractivity contribution is 7.22. The number of hydrogen-bond acceptors (Lipinski definition) is 6. The number of nitrogens with zero attached hydrogens (tertiary/aromatic N) is 2. The van der Waals surface area contributed by atoms with Crippen LogP contribution in [0.1, 0.15) is 10.5 Å². The Labute approximate surface area is 83.5 Å². The maximum Gasteiger partial charge on any atom is 0.358 e. The standard InChI is InChI=1S/C8H7N3O2S/c1-13-7(12)6-5-4(2-3-10-6)14-8(9)11-5/h2-3H,1H3,(H2,9,11). The van der Waals surface area contributed by atoms with Gasteiger partial charge in [-0.05, 0) is 6.07 Å². The fourth-order valence-corrected chi connectivity index (χ4v) is 1.85. The number of nitrogen functional groups attached to an aromatic ring is 1. The first kappa shape index (κ1) is 8.89. The summed E-state index contributed by atoms with van der Waals surface area (Å²) in [5, 5.41) is 0.415. The summed E-state index contributed by atoms with van der Waals surface area (Å²) in [5.41, 5.74) is 6.24. The molecule has 0 fully saturated rings. The van der Waals surface area contributed by atoms with Gasteiger partial charge in [-0.15, -0.1) is 0 Å². The molecule has 2 aromatic rings. The second-order valence-electron chi connectivity index (χ2n) is 2.55. The third-order valence-corrected chi connectivity index (χ3v) is 2.55. The van der Waals surface area contributed by atoms with Crippen LogP contribution < -0.4 is 5.73 Å². The zero-order valence-electron chi connectivity index (χ0n) is 7.35. The molecular weight excluding hydrogens is 202 g/mol. The van der Waals surface area contributed by atoms with Crippen LogP contribution in [0.25, 0.3) is 10.2 Å². The average Bonchev–Trinajstić information content (AvgIpc) is 2.56. The number of carbonyl (C=O) groups is 1. The minimum atomic E-state index is -0.499. The largest absolute Gasteiger partial charge is 0.464 e. The minimum Gasteiger partial charge on any atom is -0.464 e. The van der Waals surface area contributed by atoms with Gasteiger partial charge in [0.15, 0.2) is 10.8 Å². The van der Waals surface area contributed by atoms with E-state index in [0.717, 1.165) is 4.70 Å². The average molecular weight is 209 g/mol.